The van der Waals surface area contributed by atoms with Gasteiger partial charge < -0.3 is 14.2 Å². The van der Waals surface area contributed by atoms with Gasteiger partial charge in [-0.25, -0.2) is 0 Å². The second kappa shape index (κ2) is 5.65. The predicted octanol–water partition coefficient (Wildman–Crippen LogP) is 4.23. The highest BCUT2D eigenvalue weighted by molar-refractivity contribution is 9.10. The summed E-state index contributed by atoms with van der Waals surface area (Å²) in [5.74, 6) is 1.26. The van der Waals surface area contributed by atoms with Crippen LogP contribution < -0.4 is 4.74 Å². The van der Waals surface area contributed by atoms with Gasteiger partial charge >= 0.3 is 0 Å². The monoisotopic (exact) mass is 312 g/mol. The molecule has 1 heterocycles. The normalized spacial score (nSPS) is 16.7. The Morgan fingerprint density at radius 2 is 1.94 bits per heavy atom. The Kier molecular flexibility index (Phi) is 4.17. The highest BCUT2D eigenvalue weighted by Crippen LogP contribution is 2.26. The largest absolute Gasteiger partial charge is 0.494 e. The topological polar surface area (TPSA) is 27.7 Å². The summed E-state index contributed by atoms with van der Waals surface area (Å²) >= 11 is 3.39. The molecule has 0 N–H and O–H groups in total. The van der Waals surface area contributed by atoms with Crippen molar-refractivity contribution in [3.8, 4) is 5.75 Å². The fourth-order valence-corrected chi connectivity index (χ4v) is 1.91. The van der Waals surface area contributed by atoms with Gasteiger partial charge in [0.25, 0.3) is 0 Å². The number of rotatable bonds is 5. The summed E-state index contributed by atoms with van der Waals surface area (Å²) in [6, 6.07) is 7.83. The summed E-state index contributed by atoms with van der Waals surface area (Å²) in [6.07, 6.45) is 3.43. The SMILES string of the molecule is CC1(C)OC=C(CCCOc2ccc(Br)cc2)O1. The molecule has 1 aromatic carbocycles. The first-order chi connectivity index (χ1) is 8.55. The van der Waals surface area contributed by atoms with E-state index in [0.29, 0.717) is 6.61 Å². The minimum absolute atomic E-state index is 0.512. The van der Waals surface area contributed by atoms with Crippen LogP contribution in [0.25, 0.3) is 0 Å². The molecule has 1 aliphatic heterocycles. The summed E-state index contributed by atoms with van der Waals surface area (Å²) in [7, 11) is 0. The first-order valence-corrected chi connectivity index (χ1v) is 6.79. The number of allylic oxidation sites excluding steroid dienone is 1. The minimum atomic E-state index is -0.512. The second-order valence-electron chi connectivity index (χ2n) is 4.61. The third-order valence-corrected chi connectivity index (χ3v) is 3.03. The maximum absolute atomic E-state index is 5.63. The van der Waals surface area contributed by atoms with Crippen LogP contribution in [0.1, 0.15) is 26.7 Å². The molecule has 0 saturated heterocycles. The molecule has 0 aliphatic carbocycles. The molecule has 0 saturated carbocycles. The molecular formula is C14H17BrO3. The van der Waals surface area contributed by atoms with Crippen LogP contribution in [0.5, 0.6) is 5.75 Å². The van der Waals surface area contributed by atoms with Gasteiger partial charge in [0.05, 0.1) is 6.61 Å². The van der Waals surface area contributed by atoms with Crippen LogP contribution in [-0.2, 0) is 9.47 Å². The van der Waals surface area contributed by atoms with Crippen LogP contribution in [0, 0.1) is 0 Å². The van der Waals surface area contributed by atoms with Crippen LogP contribution in [-0.4, -0.2) is 12.4 Å². The van der Waals surface area contributed by atoms with Crippen molar-refractivity contribution in [3.63, 3.8) is 0 Å². The van der Waals surface area contributed by atoms with E-state index in [4.69, 9.17) is 14.2 Å². The number of hydrogen-bond donors (Lipinski definition) is 0. The molecule has 3 nitrogen and oxygen atoms in total. The van der Waals surface area contributed by atoms with E-state index in [0.717, 1.165) is 28.8 Å². The van der Waals surface area contributed by atoms with Gasteiger partial charge in [-0.15, -0.1) is 0 Å². The molecule has 0 fully saturated rings. The highest BCUT2D eigenvalue weighted by atomic mass is 79.9. The number of halogens is 1. The van der Waals surface area contributed by atoms with Crippen LogP contribution in [0.4, 0.5) is 0 Å². The fraction of sp³-hybridized carbons (Fsp3) is 0.429. The Hall–Kier alpha value is -1.16. The first kappa shape index (κ1) is 13.3. The summed E-state index contributed by atoms with van der Waals surface area (Å²) in [4.78, 5) is 0. The predicted molar refractivity (Wildman–Crippen MR) is 73.2 cm³/mol. The van der Waals surface area contributed by atoms with Gasteiger partial charge in [-0.3, -0.25) is 0 Å². The van der Waals surface area contributed by atoms with E-state index in [9.17, 15) is 0 Å². The summed E-state index contributed by atoms with van der Waals surface area (Å²) in [5.41, 5.74) is 0. The van der Waals surface area contributed by atoms with Crippen LogP contribution >= 0.6 is 15.9 Å². The number of benzene rings is 1. The van der Waals surface area contributed by atoms with Gasteiger partial charge in [-0.1, -0.05) is 15.9 Å². The lowest BCUT2D eigenvalue weighted by molar-refractivity contribution is -0.117. The molecule has 98 valence electrons. The van der Waals surface area contributed by atoms with Crippen molar-refractivity contribution in [2.24, 2.45) is 0 Å². The van der Waals surface area contributed by atoms with Crippen molar-refractivity contribution in [2.45, 2.75) is 32.5 Å². The van der Waals surface area contributed by atoms with Crippen LogP contribution in [0.15, 0.2) is 40.8 Å². The van der Waals surface area contributed by atoms with Gasteiger partial charge in [0, 0.05) is 24.7 Å². The van der Waals surface area contributed by atoms with E-state index >= 15 is 0 Å². The standard InChI is InChI=1S/C14H17BrO3/c1-14(2)17-10-13(18-14)4-3-9-16-12-7-5-11(15)6-8-12/h5-8,10H,3-4,9H2,1-2H3. The van der Waals surface area contributed by atoms with Gasteiger partial charge in [-0.05, 0) is 30.7 Å². The average molecular weight is 313 g/mol. The smallest absolute Gasteiger partial charge is 0.244 e. The molecule has 2 rings (SSSR count). The van der Waals surface area contributed by atoms with Crippen molar-refractivity contribution in [2.75, 3.05) is 6.61 Å². The highest BCUT2D eigenvalue weighted by Gasteiger charge is 2.26. The van der Waals surface area contributed by atoms with Gasteiger partial charge in [0.15, 0.2) is 0 Å². The summed E-state index contributed by atoms with van der Waals surface area (Å²) in [5, 5.41) is 0. The molecule has 0 aromatic heterocycles. The summed E-state index contributed by atoms with van der Waals surface area (Å²) in [6.45, 7) is 4.46. The minimum Gasteiger partial charge on any atom is -0.494 e. The zero-order valence-electron chi connectivity index (χ0n) is 10.6. The Morgan fingerprint density at radius 1 is 1.22 bits per heavy atom. The van der Waals surface area contributed by atoms with Gasteiger partial charge in [-0.2, -0.15) is 0 Å². The van der Waals surface area contributed by atoms with Gasteiger partial charge in [0.1, 0.15) is 17.8 Å². The lowest BCUT2D eigenvalue weighted by Crippen LogP contribution is -2.20. The molecule has 0 atom stereocenters. The van der Waals surface area contributed by atoms with E-state index in [1.54, 1.807) is 6.26 Å². The quantitative estimate of drug-likeness (QED) is 0.761. The zero-order chi connectivity index (χ0) is 13.0. The Balaban J connectivity index is 1.66. The molecule has 0 amide bonds. The van der Waals surface area contributed by atoms with Crippen molar-refractivity contribution >= 4 is 15.9 Å². The molecule has 0 unspecified atom stereocenters. The lowest BCUT2D eigenvalue weighted by atomic mass is 10.3. The van der Waals surface area contributed by atoms with Crippen LogP contribution in [0.3, 0.4) is 0 Å². The third-order valence-electron chi connectivity index (χ3n) is 2.50. The van der Waals surface area contributed by atoms with Gasteiger partial charge in [0.2, 0.25) is 5.79 Å². The van der Waals surface area contributed by atoms with Crippen molar-refractivity contribution < 1.29 is 14.2 Å². The molecule has 0 radical (unpaired) electrons. The second-order valence-corrected chi connectivity index (χ2v) is 5.53. The average Bonchev–Trinajstić information content (AvgIpc) is 2.67. The molecule has 1 aromatic rings. The van der Waals surface area contributed by atoms with Crippen LogP contribution in [0.2, 0.25) is 0 Å². The lowest BCUT2D eigenvalue weighted by Gasteiger charge is -2.18. The molecule has 0 bridgehead atoms. The summed E-state index contributed by atoms with van der Waals surface area (Å²) < 4.78 is 17.6. The van der Waals surface area contributed by atoms with Crippen molar-refractivity contribution in [1.82, 2.24) is 0 Å². The van der Waals surface area contributed by atoms with E-state index in [2.05, 4.69) is 15.9 Å². The molecule has 18 heavy (non-hydrogen) atoms. The Bertz CT molecular complexity index is 423. The van der Waals surface area contributed by atoms with Crippen molar-refractivity contribution in [1.29, 1.82) is 0 Å². The maximum atomic E-state index is 5.63. The Labute approximate surface area is 116 Å². The third kappa shape index (κ3) is 3.95. The van der Waals surface area contributed by atoms with Crippen molar-refractivity contribution in [3.05, 3.63) is 40.8 Å². The molecule has 4 heteroatoms. The fourth-order valence-electron chi connectivity index (χ4n) is 1.65. The maximum Gasteiger partial charge on any atom is 0.244 e. The number of hydrogen-bond acceptors (Lipinski definition) is 3. The molecular weight excluding hydrogens is 296 g/mol. The van der Waals surface area contributed by atoms with E-state index in [1.807, 2.05) is 38.1 Å². The zero-order valence-corrected chi connectivity index (χ0v) is 12.2. The Morgan fingerprint density at radius 3 is 2.56 bits per heavy atom. The number of ether oxygens (including phenoxy) is 3. The molecule has 1 aliphatic rings. The van der Waals surface area contributed by atoms with E-state index in [-0.39, 0.29) is 0 Å². The van der Waals surface area contributed by atoms with E-state index in [1.165, 1.54) is 0 Å². The molecule has 0 spiro atoms. The van der Waals surface area contributed by atoms with E-state index < -0.39 is 5.79 Å². The first-order valence-electron chi connectivity index (χ1n) is 5.99.